The predicted molar refractivity (Wildman–Crippen MR) is 107 cm³/mol. The molecule has 4 rings (SSSR count). The van der Waals surface area contributed by atoms with Crippen LogP contribution in [0.1, 0.15) is 40.0 Å². The summed E-state index contributed by atoms with van der Waals surface area (Å²) in [4.78, 5) is 28.6. The van der Waals surface area contributed by atoms with Crippen molar-refractivity contribution in [3.05, 3.63) is 11.6 Å². The predicted octanol–water partition coefficient (Wildman–Crippen LogP) is 2.05. The van der Waals surface area contributed by atoms with Crippen LogP contribution in [0.5, 0.6) is 0 Å². The maximum atomic E-state index is 12.7. The van der Waals surface area contributed by atoms with E-state index in [9.17, 15) is 14.7 Å². The number of allylic oxidation sites excluding steroid dienone is 1. The van der Waals surface area contributed by atoms with Gasteiger partial charge in [0.1, 0.15) is 6.10 Å². The lowest BCUT2D eigenvalue weighted by Gasteiger charge is -2.52. The molecule has 0 bridgehead atoms. The van der Waals surface area contributed by atoms with Gasteiger partial charge in [-0.25, -0.2) is 4.79 Å². The molecular formula is C22H34N2O5. The van der Waals surface area contributed by atoms with E-state index in [0.29, 0.717) is 45.2 Å². The Morgan fingerprint density at radius 2 is 2.07 bits per heavy atom. The summed E-state index contributed by atoms with van der Waals surface area (Å²) in [6.45, 7) is 9.75. The molecule has 0 aromatic carbocycles. The number of fused-ring (bicyclic) bond motifs is 2. The first kappa shape index (κ1) is 20.7. The van der Waals surface area contributed by atoms with E-state index >= 15 is 0 Å². The molecule has 2 saturated heterocycles. The Kier molecular flexibility index (Phi) is 5.64. The first-order chi connectivity index (χ1) is 13.9. The average molecular weight is 407 g/mol. The van der Waals surface area contributed by atoms with Gasteiger partial charge in [-0.1, -0.05) is 25.5 Å². The van der Waals surface area contributed by atoms with Crippen LogP contribution in [0.25, 0.3) is 0 Å². The summed E-state index contributed by atoms with van der Waals surface area (Å²) in [5.74, 6) is -0.254. The highest BCUT2D eigenvalue weighted by molar-refractivity contribution is 5.76. The van der Waals surface area contributed by atoms with Crippen LogP contribution in [-0.4, -0.2) is 78.5 Å². The van der Waals surface area contributed by atoms with Gasteiger partial charge in [-0.05, 0) is 25.7 Å². The zero-order valence-electron chi connectivity index (χ0n) is 17.8. The Balaban J connectivity index is 1.44. The van der Waals surface area contributed by atoms with Crippen molar-refractivity contribution in [2.75, 3.05) is 39.3 Å². The molecule has 0 spiro atoms. The number of rotatable bonds is 3. The highest BCUT2D eigenvalue weighted by atomic mass is 16.6. The summed E-state index contributed by atoms with van der Waals surface area (Å²) in [7, 11) is 0. The Labute approximate surface area is 173 Å². The molecule has 0 radical (unpaired) electrons. The van der Waals surface area contributed by atoms with Crippen molar-refractivity contribution in [1.82, 2.24) is 9.80 Å². The van der Waals surface area contributed by atoms with Crippen LogP contribution in [-0.2, 0) is 14.3 Å². The van der Waals surface area contributed by atoms with E-state index in [0.717, 1.165) is 19.3 Å². The fourth-order valence-corrected chi connectivity index (χ4v) is 5.88. The Bertz CT molecular complexity index is 687. The molecule has 1 amide bonds. The normalized spacial score (nSPS) is 40.0. The van der Waals surface area contributed by atoms with Gasteiger partial charge in [-0.3, -0.25) is 9.69 Å². The number of carbonyl (C=O) groups is 2. The van der Waals surface area contributed by atoms with Gasteiger partial charge >= 0.3 is 12.1 Å². The Morgan fingerprint density at radius 3 is 2.76 bits per heavy atom. The molecule has 4 aliphatic rings. The molecule has 2 aliphatic carbocycles. The lowest BCUT2D eigenvalue weighted by molar-refractivity contribution is -0.145. The average Bonchev–Trinajstić information content (AvgIpc) is 3.00. The molecule has 0 aromatic rings. The van der Waals surface area contributed by atoms with Crippen molar-refractivity contribution < 1.29 is 24.2 Å². The van der Waals surface area contributed by atoms with Crippen LogP contribution >= 0.6 is 0 Å². The van der Waals surface area contributed by atoms with E-state index in [1.54, 1.807) is 11.8 Å². The molecule has 0 aromatic heterocycles. The Hall–Kier alpha value is -1.60. The smallest absolute Gasteiger partial charge is 0.409 e. The summed E-state index contributed by atoms with van der Waals surface area (Å²) in [5, 5.41) is 11.4. The number of aliphatic hydroxyl groups excluding tert-OH is 1. The third-order valence-electron chi connectivity index (χ3n) is 7.92. The van der Waals surface area contributed by atoms with Crippen molar-refractivity contribution in [3.8, 4) is 0 Å². The summed E-state index contributed by atoms with van der Waals surface area (Å²) in [5.41, 5.74) is 0.996. The van der Waals surface area contributed by atoms with E-state index < -0.39 is 6.10 Å². The second kappa shape index (κ2) is 7.91. The number of aliphatic hydroxyl groups is 1. The zero-order chi connectivity index (χ0) is 20.8. The monoisotopic (exact) mass is 406 g/mol. The molecular weight excluding hydrogens is 372 g/mol. The fraction of sp³-hybridized carbons (Fsp3) is 0.818. The molecule has 2 aliphatic heterocycles. The third kappa shape index (κ3) is 3.46. The van der Waals surface area contributed by atoms with Crippen LogP contribution in [0, 0.1) is 23.2 Å². The number of nitrogens with zero attached hydrogens (tertiary/aromatic N) is 2. The number of hydrogen-bond acceptors (Lipinski definition) is 6. The third-order valence-corrected chi connectivity index (χ3v) is 7.92. The molecule has 7 heteroatoms. The topological polar surface area (TPSA) is 79.3 Å². The van der Waals surface area contributed by atoms with E-state index in [1.165, 1.54) is 5.57 Å². The molecule has 1 N–H and O–H groups in total. The second-order valence-electron chi connectivity index (χ2n) is 9.29. The van der Waals surface area contributed by atoms with Crippen LogP contribution in [0.4, 0.5) is 4.79 Å². The molecule has 7 nitrogen and oxygen atoms in total. The highest BCUT2D eigenvalue weighted by Crippen LogP contribution is 2.56. The first-order valence-electron chi connectivity index (χ1n) is 11.1. The standard InChI is InChI=1S/C22H34N2O5/c1-4-28-21(27)24-10-8-23(9-11-24)13-16-18-17(29-20(16)26)12-15-7-5-6-14(2)22(15,3)19(18)25/h7,14,16-19,25H,4-6,8-13H2,1-3H3/t14-,16+,17+,18+,19+,22+/m0/s1. The Morgan fingerprint density at radius 1 is 1.34 bits per heavy atom. The number of piperazine rings is 1. The highest BCUT2D eigenvalue weighted by Gasteiger charge is 2.59. The summed E-state index contributed by atoms with van der Waals surface area (Å²) in [6, 6.07) is 0. The number of esters is 1. The molecule has 3 fully saturated rings. The van der Waals surface area contributed by atoms with Gasteiger partial charge in [0.2, 0.25) is 0 Å². The van der Waals surface area contributed by atoms with E-state index in [-0.39, 0.29) is 35.4 Å². The van der Waals surface area contributed by atoms with Crippen LogP contribution in [0.15, 0.2) is 11.6 Å². The van der Waals surface area contributed by atoms with E-state index in [4.69, 9.17) is 9.47 Å². The van der Waals surface area contributed by atoms with Gasteiger partial charge in [-0.2, -0.15) is 0 Å². The largest absolute Gasteiger partial charge is 0.461 e. The van der Waals surface area contributed by atoms with E-state index in [1.807, 2.05) is 0 Å². The summed E-state index contributed by atoms with van der Waals surface area (Å²) < 4.78 is 10.8. The van der Waals surface area contributed by atoms with Gasteiger partial charge in [0.15, 0.2) is 0 Å². The number of ether oxygens (including phenoxy) is 2. The minimum absolute atomic E-state index is 0.159. The lowest BCUT2D eigenvalue weighted by Crippen LogP contribution is -2.56. The first-order valence-corrected chi connectivity index (χ1v) is 11.1. The van der Waals surface area contributed by atoms with Crippen molar-refractivity contribution in [1.29, 1.82) is 0 Å². The van der Waals surface area contributed by atoms with Crippen LogP contribution in [0.2, 0.25) is 0 Å². The maximum Gasteiger partial charge on any atom is 0.409 e. The van der Waals surface area contributed by atoms with E-state index in [2.05, 4.69) is 24.8 Å². The minimum Gasteiger partial charge on any atom is -0.461 e. The number of carbonyl (C=O) groups excluding carboxylic acids is 2. The quantitative estimate of drug-likeness (QED) is 0.571. The molecule has 1 saturated carbocycles. The zero-order valence-corrected chi connectivity index (χ0v) is 17.8. The van der Waals surface area contributed by atoms with Crippen LogP contribution in [0.3, 0.4) is 0 Å². The number of hydrogen-bond donors (Lipinski definition) is 1. The van der Waals surface area contributed by atoms with Crippen molar-refractivity contribution >= 4 is 12.1 Å². The molecule has 29 heavy (non-hydrogen) atoms. The number of amides is 1. The lowest BCUT2D eigenvalue weighted by atomic mass is 9.55. The molecule has 2 heterocycles. The van der Waals surface area contributed by atoms with Gasteiger partial charge < -0.3 is 19.5 Å². The summed E-state index contributed by atoms with van der Waals surface area (Å²) >= 11 is 0. The fourth-order valence-electron chi connectivity index (χ4n) is 5.88. The second-order valence-corrected chi connectivity index (χ2v) is 9.29. The molecule has 6 atom stereocenters. The van der Waals surface area contributed by atoms with Gasteiger partial charge in [0.05, 0.1) is 18.6 Å². The van der Waals surface area contributed by atoms with Gasteiger partial charge in [0.25, 0.3) is 0 Å². The van der Waals surface area contributed by atoms with Crippen LogP contribution < -0.4 is 0 Å². The van der Waals surface area contributed by atoms with Crippen molar-refractivity contribution in [3.63, 3.8) is 0 Å². The SMILES string of the molecule is CCOC(=O)N1CCN(C[C@H]2C(=O)O[C@@H]3CC4=CCC[C@H](C)[C@@]4(C)[C@H](O)[C@@H]32)CC1. The molecule has 0 unspecified atom stereocenters. The maximum absolute atomic E-state index is 12.7. The van der Waals surface area contributed by atoms with Gasteiger partial charge in [-0.15, -0.1) is 0 Å². The minimum atomic E-state index is -0.569. The molecule has 162 valence electrons. The van der Waals surface area contributed by atoms with Crippen molar-refractivity contribution in [2.45, 2.75) is 52.2 Å². The summed E-state index contributed by atoms with van der Waals surface area (Å²) in [6.07, 6.45) is 4.07. The van der Waals surface area contributed by atoms with Crippen molar-refractivity contribution in [2.24, 2.45) is 23.2 Å². The van der Waals surface area contributed by atoms with Gasteiger partial charge in [0, 0.05) is 50.5 Å².